The SMILES string of the molecule is O=C(Cn1ccnn1)Nc1ccc(Cl)c(Br)c1. The van der Waals surface area contributed by atoms with Gasteiger partial charge < -0.3 is 5.32 Å². The monoisotopic (exact) mass is 314 g/mol. The van der Waals surface area contributed by atoms with Crippen LogP contribution in [0.15, 0.2) is 35.1 Å². The van der Waals surface area contributed by atoms with E-state index >= 15 is 0 Å². The molecular weight excluding hydrogens is 307 g/mol. The van der Waals surface area contributed by atoms with Crippen LogP contribution in [0.5, 0.6) is 0 Å². The van der Waals surface area contributed by atoms with Crippen molar-refractivity contribution >= 4 is 39.1 Å². The summed E-state index contributed by atoms with van der Waals surface area (Å²) in [6.45, 7) is 0.125. The summed E-state index contributed by atoms with van der Waals surface area (Å²) < 4.78 is 2.18. The summed E-state index contributed by atoms with van der Waals surface area (Å²) in [4.78, 5) is 11.6. The first kappa shape index (κ1) is 12.1. The molecule has 0 aliphatic heterocycles. The van der Waals surface area contributed by atoms with Crippen molar-refractivity contribution < 1.29 is 4.79 Å². The summed E-state index contributed by atoms with van der Waals surface area (Å²) in [5.74, 6) is -0.176. The number of rotatable bonds is 3. The number of anilines is 1. The quantitative estimate of drug-likeness (QED) is 0.945. The summed E-state index contributed by atoms with van der Waals surface area (Å²) in [5, 5.41) is 10.6. The molecule has 1 heterocycles. The smallest absolute Gasteiger partial charge is 0.246 e. The summed E-state index contributed by atoms with van der Waals surface area (Å²) in [6.07, 6.45) is 3.14. The van der Waals surface area contributed by atoms with Gasteiger partial charge in [0.05, 0.1) is 11.2 Å². The van der Waals surface area contributed by atoms with Gasteiger partial charge in [0.2, 0.25) is 5.91 Å². The highest BCUT2D eigenvalue weighted by molar-refractivity contribution is 9.10. The second-order valence-electron chi connectivity index (χ2n) is 3.28. The molecule has 88 valence electrons. The number of carbonyl (C=O) groups is 1. The molecule has 1 N–H and O–H groups in total. The van der Waals surface area contributed by atoms with Gasteiger partial charge in [0.1, 0.15) is 6.54 Å². The number of nitrogens with zero attached hydrogens (tertiary/aromatic N) is 3. The van der Waals surface area contributed by atoms with Gasteiger partial charge in [-0.05, 0) is 34.1 Å². The predicted molar refractivity (Wildman–Crippen MR) is 67.8 cm³/mol. The molecular formula is C10H8BrClN4O. The highest BCUT2D eigenvalue weighted by Crippen LogP contribution is 2.25. The van der Waals surface area contributed by atoms with Crippen LogP contribution in [0.25, 0.3) is 0 Å². The van der Waals surface area contributed by atoms with E-state index in [4.69, 9.17) is 11.6 Å². The number of aromatic nitrogens is 3. The van der Waals surface area contributed by atoms with Gasteiger partial charge in [-0.1, -0.05) is 16.8 Å². The van der Waals surface area contributed by atoms with Crippen molar-refractivity contribution in [2.75, 3.05) is 5.32 Å². The van der Waals surface area contributed by atoms with Gasteiger partial charge in [0, 0.05) is 16.4 Å². The maximum atomic E-state index is 11.6. The maximum absolute atomic E-state index is 11.6. The molecule has 0 bridgehead atoms. The van der Waals surface area contributed by atoms with Crippen molar-refractivity contribution in [2.45, 2.75) is 6.54 Å². The van der Waals surface area contributed by atoms with Gasteiger partial charge >= 0.3 is 0 Å². The van der Waals surface area contributed by atoms with E-state index < -0.39 is 0 Å². The highest BCUT2D eigenvalue weighted by Gasteiger charge is 2.05. The van der Waals surface area contributed by atoms with Crippen LogP contribution in [0.4, 0.5) is 5.69 Å². The first-order valence-corrected chi connectivity index (χ1v) is 5.91. The number of nitrogens with one attached hydrogen (secondary N) is 1. The number of hydrogen-bond donors (Lipinski definition) is 1. The zero-order chi connectivity index (χ0) is 12.3. The van der Waals surface area contributed by atoms with Crippen molar-refractivity contribution in [3.8, 4) is 0 Å². The molecule has 7 heteroatoms. The van der Waals surface area contributed by atoms with Gasteiger partial charge in [-0.2, -0.15) is 0 Å². The third-order valence-corrected chi connectivity index (χ3v) is 3.19. The minimum atomic E-state index is -0.176. The molecule has 0 saturated heterocycles. The Morgan fingerprint density at radius 2 is 2.35 bits per heavy atom. The van der Waals surface area contributed by atoms with E-state index in [-0.39, 0.29) is 12.5 Å². The lowest BCUT2D eigenvalue weighted by Crippen LogP contribution is -2.19. The first-order valence-electron chi connectivity index (χ1n) is 4.74. The van der Waals surface area contributed by atoms with Crippen molar-refractivity contribution in [2.24, 2.45) is 0 Å². The maximum Gasteiger partial charge on any atom is 0.246 e. The van der Waals surface area contributed by atoms with Gasteiger partial charge in [0.15, 0.2) is 0 Å². The van der Waals surface area contributed by atoms with Crippen LogP contribution in [0, 0.1) is 0 Å². The molecule has 2 rings (SSSR count). The Kier molecular flexibility index (Phi) is 3.75. The molecule has 0 aliphatic carbocycles. The van der Waals surface area contributed by atoms with Crippen LogP contribution in [0.3, 0.4) is 0 Å². The normalized spacial score (nSPS) is 10.2. The molecule has 17 heavy (non-hydrogen) atoms. The lowest BCUT2D eigenvalue weighted by molar-refractivity contribution is -0.116. The molecule has 0 atom stereocenters. The molecule has 0 aliphatic rings. The van der Waals surface area contributed by atoms with Gasteiger partial charge in [-0.25, -0.2) is 4.68 Å². The lowest BCUT2D eigenvalue weighted by Gasteiger charge is -2.06. The third kappa shape index (κ3) is 3.28. The Labute approximate surface area is 111 Å². The number of carbonyl (C=O) groups excluding carboxylic acids is 1. The first-order chi connectivity index (χ1) is 8.15. The average Bonchev–Trinajstić information content (AvgIpc) is 2.76. The van der Waals surface area contributed by atoms with Crippen LogP contribution in [-0.4, -0.2) is 20.9 Å². The topological polar surface area (TPSA) is 59.8 Å². The highest BCUT2D eigenvalue weighted by atomic mass is 79.9. The zero-order valence-corrected chi connectivity index (χ0v) is 10.9. The molecule has 0 saturated carbocycles. The van der Waals surface area contributed by atoms with Crippen LogP contribution >= 0.6 is 27.5 Å². The molecule has 2 aromatic rings. The Morgan fingerprint density at radius 3 is 3.00 bits per heavy atom. The number of halogens is 2. The summed E-state index contributed by atoms with van der Waals surface area (Å²) in [7, 11) is 0. The minimum absolute atomic E-state index is 0.125. The van der Waals surface area contributed by atoms with E-state index in [0.717, 1.165) is 4.47 Å². The zero-order valence-electron chi connectivity index (χ0n) is 8.60. The second kappa shape index (κ2) is 5.29. The van der Waals surface area contributed by atoms with Gasteiger partial charge in [-0.15, -0.1) is 5.10 Å². The van der Waals surface area contributed by atoms with Crippen LogP contribution in [0.2, 0.25) is 5.02 Å². The van der Waals surface area contributed by atoms with Crippen molar-refractivity contribution in [1.29, 1.82) is 0 Å². The van der Waals surface area contributed by atoms with E-state index in [0.29, 0.717) is 10.7 Å². The Balaban J connectivity index is 2.00. The van der Waals surface area contributed by atoms with Crippen molar-refractivity contribution in [1.82, 2.24) is 15.0 Å². The number of hydrogen-bond acceptors (Lipinski definition) is 3. The molecule has 5 nitrogen and oxygen atoms in total. The van der Waals surface area contributed by atoms with E-state index in [1.807, 2.05) is 0 Å². The lowest BCUT2D eigenvalue weighted by atomic mass is 10.3. The fourth-order valence-corrected chi connectivity index (χ4v) is 1.73. The number of benzene rings is 1. The largest absolute Gasteiger partial charge is 0.324 e. The second-order valence-corrected chi connectivity index (χ2v) is 4.54. The summed E-state index contributed by atoms with van der Waals surface area (Å²) >= 11 is 9.14. The predicted octanol–water partition coefficient (Wildman–Crippen LogP) is 2.33. The van der Waals surface area contributed by atoms with E-state index in [2.05, 4.69) is 31.6 Å². The minimum Gasteiger partial charge on any atom is -0.324 e. The van der Waals surface area contributed by atoms with Gasteiger partial charge in [0.25, 0.3) is 0 Å². The summed E-state index contributed by atoms with van der Waals surface area (Å²) in [5.41, 5.74) is 0.673. The van der Waals surface area contributed by atoms with E-state index in [1.165, 1.54) is 10.9 Å². The average molecular weight is 316 g/mol. The van der Waals surface area contributed by atoms with Crippen molar-refractivity contribution in [3.63, 3.8) is 0 Å². The Bertz CT molecular complexity index is 529. The fourth-order valence-electron chi connectivity index (χ4n) is 1.24. The Hall–Kier alpha value is -1.40. The fraction of sp³-hybridized carbons (Fsp3) is 0.100. The molecule has 1 amide bonds. The molecule has 0 fully saturated rings. The van der Waals surface area contributed by atoms with Crippen LogP contribution in [-0.2, 0) is 11.3 Å². The van der Waals surface area contributed by atoms with Gasteiger partial charge in [-0.3, -0.25) is 4.79 Å². The van der Waals surface area contributed by atoms with Crippen molar-refractivity contribution in [3.05, 3.63) is 40.1 Å². The third-order valence-electron chi connectivity index (χ3n) is 1.98. The molecule has 0 unspecified atom stereocenters. The van der Waals surface area contributed by atoms with E-state index in [9.17, 15) is 4.79 Å². The van der Waals surface area contributed by atoms with Crippen LogP contribution in [0.1, 0.15) is 0 Å². The summed E-state index contributed by atoms with van der Waals surface area (Å²) in [6, 6.07) is 5.17. The molecule has 1 aromatic heterocycles. The standard InChI is InChI=1S/C10H8BrClN4O/c11-8-5-7(1-2-9(8)12)14-10(17)6-16-4-3-13-15-16/h1-5H,6H2,(H,14,17). The van der Waals surface area contributed by atoms with Crippen LogP contribution < -0.4 is 5.32 Å². The molecule has 0 radical (unpaired) electrons. The molecule has 1 aromatic carbocycles. The van der Waals surface area contributed by atoms with E-state index in [1.54, 1.807) is 24.4 Å². The number of amides is 1. The Morgan fingerprint density at radius 1 is 1.53 bits per heavy atom. The molecule has 0 spiro atoms.